The topological polar surface area (TPSA) is 30.7 Å². The summed E-state index contributed by atoms with van der Waals surface area (Å²) in [5, 5.41) is 8.18. The average Bonchev–Trinajstić information content (AvgIpc) is 3.38. The maximum Gasteiger partial charge on any atom is 2.00 e. The fraction of sp³-hybridized carbons (Fsp3) is 0.100. The number of benzene rings is 1. The first kappa shape index (κ1) is 20.3. The van der Waals surface area contributed by atoms with Crippen LogP contribution in [0.2, 0.25) is 0 Å². The Bertz CT molecular complexity index is 897. The molecule has 0 saturated carbocycles. The third-order valence-corrected chi connectivity index (χ3v) is 4.58. The molecular weight excluding hydrogens is 437 g/mol. The van der Waals surface area contributed by atoms with Crippen LogP contribution < -0.4 is 0 Å². The number of aromatic nitrogens is 3. The SMILES string of the molecule is C[C@@H](c1cc[cH-]c1Br)n1cc(-c2ccccc2F)nn1.[Fe+2].c1cc[cH-]c1. The molecule has 4 aromatic rings. The molecule has 0 fully saturated rings. The van der Waals surface area contributed by atoms with E-state index >= 15 is 0 Å². The molecule has 0 bridgehead atoms. The summed E-state index contributed by atoms with van der Waals surface area (Å²) in [6.45, 7) is 2.03. The zero-order chi connectivity index (χ0) is 17.6. The first-order valence-corrected chi connectivity index (χ1v) is 8.70. The van der Waals surface area contributed by atoms with Crippen LogP contribution in [-0.2, 0) is 17.1 Å². The van der Waals surface area contributed by atoms with E-state index in [-0.39, 0.29) is 28.9 Å². The minimum Gasteiger partial charge on any atom is -0.257 e. The molecule has 1 heterocycles. The number of hydrogen-bond donors (Lipinski definition) is 0. The Morgan fingerprint density at radius 3 is 2.38 bits per heavy atom. The summed E-state index contributed by atoms with van der Waals surface area (Å²) in [5.74, 6) is -0.290. The van der Waals surface area contributed by atoms with Crippen molar-refractivity contribution in [3.8, 4) is 11.3 Å². The molecule has 0 spiro atoms. The predicted molar refractivity (Wildman–Crippen MR) is 101 cm³/mol. The fourth-order valence-electron chi connectivity index (χ4n) is 2.47. The molecule has 0 unspecified atom stereocenters. The van der Waals surface area contributed by atoms with Crippen LogP contribution in [0.3, 0.4) is 0 Å². The van der Waals surface area contributed by atoms with E-state index in [9.17, 15) is 4.39 Å². The Kier molecular flexibility index (Phi) is 7.51. The van der Waals surface area contributed by atoms with Crippen LogP contribution in [0.15, 0.2) is 83.5 Å². The van der Waals surface area contributed by atoms with Gasteiger partial charge >= 0.3 is 17.1 Å². The Hall–Kier alpha value is -2.01. The first-order valence-electron chi connectivity index (χ1n) is 7.91. The minimum atomic E-state index is -0.290. The minimum absolute atomic E-state index is 0. The summed E-state index contributed by atoms with van der Waals surface area (Å²) >= 11 is 3.51. The third-order valence-electron chi connectivity index (χ3n) is 3.86. The maximum absolute atomic E-state index is 13.7. The Morgan fingerprint density at radius 1 is 1.08 bits per heavy atom. The Balaban J connectivity index is 0.000000351. The van der Waals surface area contributed by atoms with Crippen LogP contribution in [0, 0.1) is 5.82 Å². The summed E-state index contributed by atoms with van der Waals surface area (Å²) in [7, 11) is 0. The number of hydrogen-bond acceptors (Lipinski definition) is 2. The van der Waals surface area contributed by atoms with Crippen molar-refractivity contribution in [2.45, 2.75) is 13.0 Å². The molecule has 26 heavy (non-hydrogen) atoms. The summed E-state index contributed by atoms with van der Waals surface area (Å²) < 4.78 is 16.5. The summed E-state index contributed by atoms with van der Waals surface area (Å²) in [4.78, 5) is 0. The van der Waals surface area contributed by atoms with Crippen molar-refractivity contribution in [2.75, 3.05) is 0 Å². The van der Waals surface area contributed by atoms with Crippen molar-refractivity contribution in [3.05, 3.63) is 94.8 Å². The first-order chi connectivity index (χ1) is 12.2. The van der Waals surface area contributed by atoms with E-state index in [1.807, 2.05) is 55.5 Å². The molecule has 0 radical (unpaired) electrons. The van der Waals surface area contributed by atoms with Gasteiger partial charge in [0, 0.05) is 11.6 Å². The number of nitrogens with zero attached hydrogens (tertiary/aromatic N) is 3. The van der Waals surface area contributed by atoms with Gasteiger partial charge in [0.25, 0.3) is 0 Å². The van der Waals surface area contributed by atoms with Gasteiger partial charge in [-0.25, -0.2) is 22.6 Å². The van der Waals surface area contributed by atoms with Crippen LogP contribution in [-0.4, -0.2) is 15.0 Å². The molecular formula is C20H17BrFFeN3. The van der Waals surface area contributed by atoms with Crippen molar-refractivity contribution in [1.82, 2.24) is 15.0 Å². The van der Waals surface area contributed by atoms with E-state index in [2.05, 4.69) is 26.2 Å². The number of halogens is 2. The van der Waals surface area contributed by atoms with Crippen molar-refractivity contribution < 1.29 is 21.5 Å². The maximum atomic E-state index is 13.7. The van der Waals surface area contributed by atoms with Gasteiger partial charge in [-0.05, 0) is 12.1 Å². The van der Waals surface area contributed by atoms with Crippen molar-refractivity contribution in [2.24, 2.45) is 0 Å². The van der Waals surface area contributed by atoms with Gasteiger partial charge in [0.1, 0.15) is 11.5 Å². The molecule has 0 aliphatic heterocycles. The van der Waals surface area contributed by atoms with E-state index in [1.165, 1.54) is 6.07 Å². The normalized spacial score (nSPS) is 11.2. The molecule has 3 nitrogen and oxygen atoms in total. The monoisotopic (exact) mass is 453 g/mol. The van der Waals surface area contributed by atoms with Crippen LogP contribution in [0.5, 0.6) is 0 Å². The standard InChI is InChI=1S/C15H12BrFN3.C5H5.Fe/c1-10(11-6-4-7-13(11)16)20-9-15(18-19-20)12-5-2-3-8-14(12)17;1-2-4-5-3-1;/h2-10H,1H3;1-5H;/q2*-1;+2/t10-;;/m0../s1. The summed E-state index contributed by atoms with van der Waals surface area (Å²) in [6.07, 6.45) is 1.77. The van der Waals surface area contributed by atoms with Gasteiger partial charge in [0.05, 0.1) is 6.20 Å². The van der Waals surface area contributed by atoms with Crippen LogP contribution in [0.4, 0.5) is 4.39 Å². The molecule has 3 aromatic carbocycles. The molecule has 4 rings (SSSR count). The third kappa shape index (κ3) is 4.79. The zero-order valence-corrected chi connectivity index (χ0v) is 16.7. The van der Waals surface area contributed by atoms with Crippen molar-refractivity contribution in [1.29, 1.82) is 0 Å². The van der Waals surface area contributed by atoms with E-state index in [0.29, 0.717) is 11.3 Å². The van der Waals surface area contributed by atoms with Gasteiger partial charge in [-0.3, -0.25) is 4.68 Å². The molecule has 0 aliphatic rings. The van der Waals surface area contributed by atoms with E-state index in [1.54, 1.807) is 29.1 Å². The molecule has 0 saturated heterocycles. The summed E-state index contributed by atoms with van der Waals surface area (Å²) in [6, 6.07) is 22.6. The van der Waals surface area contributed by atoms with Gasteiger partial charge in [-0.1, -0.05) is 44.7 Å². The van der Waals surface area contributed by atoms with Crippen LogP contribution in [0.25, 0.3) is 11.3 Å². The predicted octanol–water partition coefficient (Wildman–Crippen LogP) is 5.58. The molecule has 0 aliphatic carbocycles. The van der Waals surface area contributed by atoms with Gasteiger partial charge < -0.3 is 0 Å². The molecule has 1 aromatic heterocycles. The summed E-state index contributed by atoms with van der Waals surface area (Å²) in [5.41, 5.74) is 2.13. The van der Waals surface area contributed by atoms with Crippen molar-refractivity contribution in [3.63, 3.8) is 0 Å². The molecule has 134 valence electrons. The second-order valence-corrected chi connectivity index (χ2v) is 6.39. The van der Waals surface area contributed by atoms with Crippen LogP contribution in [0.1, 0.15) is 18.5 Å². The van der Waals surface area contributed by atoms with Gasteiger partial charge in [-0.2, -0.15) is 35.9 Å². The van der Waals surface area contributed by atoms with E-state index in [4.69, 9.17) is 0 Å². The van der Waals surface area contributed by atoms with E-state index < -0.39 is 0 Å². The Morgan fingerprint density at radius 2 is 1.81 bits per heavy atom. The zero-order valence-electron chi connectivity index (χ0n) is 14.0. The quantitative estimate of drug-likeness (QED) is 0.299. The average molecular weight is 454 g/mol. The van der Waals surface area contributed by atoms with Crippen LogP contribution >= 0.6 is 15.9 Å². The van der Waals surface area contributed by atoms with Gasteiger partial charge in [0.2, 0.25) is 0 Å². The molecule has 0 amide bonds. The molecule has 0 N–H and O–H groups in total. The second-order valence-electron chi connectivity index (χ2n) is 5.53. The second kappa shape index (κ2) is 9.62. The van der Waals surface area contributed by atoms with Crippen molar-refractivity contribution >= 4 is 15.9 Å². The number of rotatable bonds is 3. The smallest absolute Gasteiger partial charge is 0.257 e. The van der Waals surface area contributed by atoms with Gasteiger partial charge in [0.15, 0.2) is 0 Å². The van der Waals surface area contributed by atoms with Gasteiger partial charge in [-0.15, -0.1) is 5.10 Å². The molecule has 1 atom stereocenters. The largest absolute Gasteiger partial charge is 2.00 e. The Labute approximate surface area is 171 Å². The van der Waals surface area contributed by atoms with E-state index in [0.717, 1.165) is 10.0 Å². The molecule has 6 heteroatoms. The fourth-order valence-corrected chi connectivity index (χ4v) is 3.09.